The molecule has 0 bridgehead atoms. The van der Waals surface area contributed by atoms with Crippen LogP contribution in [0.5, 0.6) is 0 Å². The third-order valence-corrected chi connectivity index (χ3v) is 3.09. The molecular weight excluding hydrogens is 278 g/mol. The van der Waals surface area contributed by atoms with E-state index in [2.05, 4.69) is 21.4 Å². The lowest BCUT2D eigenvalue weighted by atomic mass is 10.0. The van der Waals surface area contributed by atoms with Crippen molar-refractivity contribution in [2.75, 3.05) is 0 Å². The van der Waals surface area contributed by atoms with Gasteiger partial charge in [-0.3, -0.25) is 11.3 Å². The van der Waals surface area contributed by atoms with Gasteiger partial charge in [0, 0.05) is 5.56 Å². The van der Waals surface area contributed by atoms with Crippen LogP contribution in [0.2, 0.25) is 0 Å². The van der Waals surface area contributed by atoms with Crippen molar-refractivity contribution in [2.24, 2.45) is 5.84 Å². The first-order chi connectivity index (χ1) is 7.61. The van der Waals surface area contributed by atoms with Crippen LogP contribution in [0, 0.1) is 11.6 Å². The van der Waals surface area contributed by atoms with Crippen molar-refractivity contribution in [3.63, 3.8) is 0 Å². The van der Waals surface area contributed by atoms with Crippen LogP contribution in [0.3, 0.4) is 0 Å². The minimum Gasteiger partial charge on any atom is -0.271 e. The van der Waals surface area contributed by atoms with Crippen molar-refractivity contribution in [3.8, 4) is 0 Å². The maximum absolute atomic E-state index is 13.7. The van der Waals surface area contributed by atoms with Crippen LogP contribution in [-0.2, 0) is 0 Å². The van der Waals surface area contributed by atoms with Crippen molar-refractivity contribution in [3.05, 3.63) is 33.8 Å². The fourth-order valence-corrected chi connectivity index (χ4v) is 1.93. The van der Waals surface area contributed by atoms with Gasteiger partial charge in [-0.05, 0) is 34.5 Å². The molecule has 1 unspecified atom stereocenters. The quantitative estimate of drug-likeness (QED) is 0.496. The van der Waals surface area contributed by atoms with Crippen molar-refractivity contribution in [1.82, 2.24) is 5.43 Å². The number of rotatable bonds is 5. The Morgan fingerprint density at radius 3 is 2.69 bits per heavy atom. The summed E-state index contributed by atoms with van der Waals surface area (Å²) in [6, 6.07) is 2.10. The number of hydrogen-bond acceptors (Lipinski definition) is 2. The normalized spacial score (nSPS) is 12.8. The molecule has 0 spiro atoms. The maximum Gasteiger partial charge on any atom is 0.145 e. The van der Waals surface area contributed by atoms with Gasteiger partial charge < -0.3 is 0 Å². The van der Waals surface area contributed by atoms with Gasteiger partial charge in [-0.1, -0.05) is 19.8 Å². The van der Waals surface area contributed by atoms with Crippen LogP contribution in [-0.4, -0.2) is 0 Å². The summed E-state index contributed by atoms with van der Waals surface area (Å²) in [6.45, 7) is 2.02. The van der Waals surface area contributed by atoms with Gasteiger partial charge in [-0.2, -0.15) is 0 Å². The average molecular weight is 293 g/mol. The van der Waals surface area contributed by atoms with E-state index in [0.717, 1.165) is 12.8 Å². The summed E-state index contributed by atoms with van der Waals surface area (Å²) >= 11 is 3.04. The summed E-state index contributed by atoms with van der Waals surface area (Å²) in [6.07, 6.45) is 2.42. The molecule has 0 heterocycles. The molecule has 5 heteroatoms. The predicted molar refractivity (Wildman–Crippen MR) is 63.6 cm³/mol. The molecule has 1 aromatic rings. The molecule has 0 saturated heterocycles. The topological polar surface area (TPSA) is 38.0 Å². The fourth-order valence-electron chi connectivity index (χ4n) is 1.58. The van der Waals surface area contributed by atoms with Gasteiger partial charge >= 0.3 is 0 Å². The molecule has 1 rings (SSSR count). The first-order valence-corrected chi connectivity index (χ1v) is 6.00. The summed E-state index contributed by atoms with van der Waals surface area (Å²) in [7, 11) is 0. The van der Waals surface area contributed by atoms with Gasteiger partial charge in [0.25, 0.3) is 0 Å². The molecule has 0 amide bonds. The van der Waals surface area contributed by atoms with E-state index in [0.29, 0.717) is 6.42 Å². The molecule has 0 aliphatic carbocycles. The number of hydrogen-bond donors (Lipinski definition) is 2. The molecule has 0 aliphatic rings. The van der Waals surface area contributed by atoms with E-state index in [1.54, 1.807) is 0 Å². The lowest BCUT2D eigenvalue weighted by Crippen LogP contribution is -2.29. The largest absolute Gasteiger partial charge is 0.271 e. The minimum atomic E-state index is -0.584. The molecule has 0 fully saturated rings. The highest BCUT2D eigenvalue weighted by Crippen LogP contribution is 2.28. The lowest BCUT2D eigenvalue weighted by molar-refractivity contribution is 0.441. The third kappa shape index (κ3) is 2.99. The molecule has 1 atom stereocenters. The highest BCUT2D eigenvalue weighted by molar-refractivity contribution is 9.10. The van der Waals surface area contributed by atoms with Gasteiger partial charge in [0.1, 0.15) is 11.6 Å². The Morgan fingerprint density at radius 1 is 1.44 bits per heavy atom. The van der Waals surface area contributed by atoms with Crippen LogP contribution in [0.15, 0.2) is 16.6 Å². The number of unbranched alkanes of at least 4 members (excludes halogenated alkanes) is 1. The molecule has 0 aromatic heterocycles. The highest BCUT2D eigenvalue weighted by atomic mass is 79.9. The zero-order valence-electron chi connectivity index (χ0n) is 9.06. The fraction of sp³-hybridized carbons (Fsp3) is 0.455. The SMILES string of the molecule is CCCCC(NN)c1c(F)ccc(Br)c1F. The third-order valence-electron chi connectivity index (χ3n) is 2.48. The van der Waals surface area contributed by atoms with E-state index in [-0.39, 0.29) is 10.0 Å². The highest BCUT2D eigenvalue weighted by Gasteiger charge is 2.20. The molecular formula is C11H15BrF2N2. The van der Waals surface area contributed by atoms with Crippen molar-refractivity contribution in [2.45, 2.75) is 32.2 Å². The van der Waals surface area contributed by atoms with E-state index in [9.17, 15) is 8.78 Å². The standard InChI is InChI=1S/C11H15BrF2N2/c1-2-3-4-9(16-15)10-8(13)6-5-7(12)11(10)14/h5-6,9,16H,2-4,15H2,1H3. The Hall–Kier alpha value is -0.520. The molecule has 1 aromatic carbocycles. The monoisotopic (exact) mass is 292 g/mol. The van der Waals surface area contributed by atoms with Crippen molar-refractivity contribution < 1.29 is 8.78 Å². The molecule has 0 radical (unpaired) electrons. The Bertz CT molecular complexity index is 358. The van der Waals surface area contributed by atoms with E-state index in [1.165, 1.54) is 12.1 Å². The van der Waals surface area contributed by atoms with Crippen LogP contribution >= 0.6 is 15.9 Å². The van der Waals surface area contributed by atoms with Crippen molar-refractivity contribution in [1.29, 1.82) is 0 Å². The summed E-state index contributed by atoms with van der Waals surface area (Å²) < 4.78 is 27.5. The Morgan fingerprint density at radius 2 is 2.12 bits per heavy atom. The Balaban J connectivity index is 3.03. The van der Waals surface area contributed by atoms with Gasteiger partial charge in [0.2, 0.25) is 0 Å². The number of hydrazine groups is 1. The van der Waals surface area contributed by atoms with Gasteiger partial charge in [0.05, 0.1) is 10.5 Å². The molecule has 3 N–H and O–H groups in total. The summed E-state index contributed by atoms with van der Waals surface area (Å²) in [5, 5.41) is 0. The first kappa shape index (κ1) is 13.5. The summed E-state index contributed by atoms with van der Waals surface area (Å²) in [4.78, 5) is 0. The maximum atomic E-state index is 13.7. The van der Waals surface area contributed by atoms with E-state index in [4.69, 9.17) is 5.84 Å². The van der Waals surface area contributed by atoms with Crippen LogP contribution in [0.4, 0.5) is 8.78 Å². The van der Waals surface area contributed by atoms with Crippen LogP contribution in [0.1, 0.15) is 37.8 Å². The smallest absolute Gasteiger partial charge is 0.145 e. The lowest BCUT2D eigenvalue weighted by Gasteiger charge is -2.17. The van der Waals surface area contributed by atoms with E-state index in [1.807, 2.05) is 6.92 Å². The predicted octanol–water partition coefficient (Wildman–Crippen LogP) is 3.42. The Kier molecular flexibility index (Phi) is 5.31. The van der Waals surface area contributed by atoms with Gasteiger partial charge in [-0.15, -0.1) is 0 Å². The molecule has 2 nitrogen and oxygen atoms in total. The average Bonchev–Trinajstić information content (AvgIpc) is 2.28. The number of benzene rings is 1. The molecule has 0 aliphatic heterocycles. The van der Waals surface area contributed by atoms with E-state index >= 15 is 0 Å². The van der Waals surface area contributed by atoms with Gasteiger partial charge in [0.15, 0.2) is 0 Å². The molecule has 0 saturated carbocycles. The second-order valence-electron chi connectivity index (χ2n) is 3.62. The number of nitrogens with one attached hydrogen (secondary N) is 1. The summed E-state index contributed by atoms with van der Waals surface area (Å²) in [5.74, 6) is 4.18. The van der Waals surface area contributed by atoms with Gasteiger partial charge in [-0.25, -0.2) is 8.78 Å². The second kappa shape index (κ2) is 6.27. The second-order valence-corrected chi connectivity index (χ2v) is 4.47. The zero-order chi connectivity index (χ0) is 12.1. The van der Waals surface area contributed by atoms with Crippen LogP contribution < -0.4 is 11.3 Å². The zero-order valence-corrected chi connectivity index (χ0v) is 10.7. The number of nitrogens with two attached hydrogens (primary N) is 1. The van der Waals surface area contributed by atoms with Crippen molar-refractivity contribution >= 4 is 15.9 Å². The Labute approximate surface area is 102 Å². The minimum absolute atomic E-state index is 0.00493. The van der Waals surface area contributed by atoms with Crippen LogP contribution in [0.25, 0.3) is 0 Å². The van der Waals surface area contributed by atoms with E-state index < -0.39 is 17.7 Å². The summed E-state index contributed by atoms with van der Waals surface area (Å²) in [5.41, 5.74) is 2.47. The molecule has 16 heavy (non-hydrogen) atoms. The molecule has 90 valence electrons. The number of halogens is 3. The first-order valence-electron chi connectivity index (χ1n) is 5.21.